The fourth-order valence-electron chi connectivity index (χ4n) is 0.940. The van der Waals surface area contributed by atoms with Crippen molar-refractivity contribution in [1.29, 1.82) is 0 Å². The monoisotopic (exact) mass is 180 g/mol. The van der Waals surface area contributed by atoms with Crippen LogP contribution in [0, 0.1) is 13.8 Å². The molecular weight excluding hydrogens is 172 g/mol. The fraction of sp³-hybridized carbons (Fsp3) is 0.250. The number of hydrogen-bond acceptors (Lipinski definition) is 4. The Balaban J connectivity index is 2.43. The largest absolute Gasteiger partial charge is 0.361 e. The highest BCUT2D eigenvalue weighted by molar-refractivity contribution is 7.14. The van der Waals surface area contributed by atoms with E-state index < -0.39 is 0 Å². The molecule has 0 saturated carbocycles. The minimum Gasteiger partial charge on any atom is -0.361 e. The molecule has 3 nitrogen and oxygen atoms in total. The maximum absolute atomic E-state index is 4.94. The molecule has 0 aliphatic carbocycles. The molecule has 2 aromatic rings. The van der Waals surface area contributed by atoms with Crippen molar-refractivity contribution in [2.24, 2.45) is 0 Å². The Hall–Kier alpha value is -1.16. The summed E-state index contributed by atoms with van der Waals surface area (Å²) in [7, 11) is 0. The molecule has 0 aliphatic rings. The van der Waals surface area contributed by atoms with E-state index in [0.717, 1.165) is 16.5 Å². The third kappa shape index (κ3) is 1.25. The lowest BCUT2D eigenvalue weighted by Crippen LogP contribution is -1.71. The number of aryl methyl sites for hydroxylation is 2. The van der Waals surface area contributed by atoms with Crippen LogP contribution in [0.1, 0.15) is 10.6 Å². The zero-order chi connectivity index (χ0) is 8.55. The molecular formula is C8H8N2OS. The molecule has 0 N–H and O–H groups in total. The summed E-state index contributed by atoms with van der Waals surface area (Å²) in [5.41, 5.74) is 0.825. The normalized spacial score (nSPS) is 10.5. The van der Waals surface area contributed by atoms with Gasteiger partial charge in [0.05, 0.1) is 0 Å². The Bertz CT molecular complexity index is 353. The van der Waals surface area contributed by atoms with Gasteiger partial charge in [0.25, 0.3) is 0 Å². The van der Waals surface area contributed by atoms with Crippen LogP contribution in [0.15, 0.2) is 16.8 Å². The molecule has 0 radical (unpaired) electrons. The third-order valence-corrected chi connectivity index (χ3v) is 2.40. The average Bonchev–Trinajstić information content (AvgIpc) is 2.58. The number of nitrogens with zero attached hydrogens (tertiary/aromatic N) is 2. The quantitative estimate of drug-likeness (QED) is 0.676. The summed E-state index contributed by atoms with van der Waals surface area (Å²) in [4.78, 5) is 5.38. The van der Waals surface area contributed by atoms with E-state index in [1.807, 2.05) is 26.1 Å². The smallest absolute Gasteiger partial charge is 0.145 e. The van der Waals surface area contributed by atoms with Crippen LogP contribution in [0.5, 0.6) is 0 Å². The molecule has 2 rings (SSSR count). The molecule has 62 valence electrons. The molecule has 0 aromatic carbocycles. The summed E-state index contributed by atoms with van der Waals surface area (Å²) >= 11 is 1.62. The Morgan fingerprint density at radius 2 is 2.25 bits per heavy atom. The maximum atomic E-state index is 4.94. The van der Waals surface area contributed by atoms with E-state index in [1.165, 1.54) is 4.88 Å². The predicted octanol–water partition coefficient (Wildman–Crippen LogP) is 2.41. The van der Waals surface area contributed by atoms with E-state index in [-0.39, 0.29) is 0 Å². The number of thiazole rings is 1. The van der Waals surface area contributed by atoms with E-state index >= 15 is 0 Å². The molecule has 0 fully saturated rings. The first-order valence-corrected chi connectivity index (χ1v) is 4.43. The molecule has 12 heavy (non-hydrogen) atoms. The minimum absolute atomic E-state index is 0.817. The summed E-state index contributed by atoms with van der Waals surface area (Å²) in [6.07, 6.45) is 1.84. The number of aromatic nitrogens is 2. The van der Waals surface area contributed by atoms with Gasteiger partial charge in [-0.25, -0.2) is 4.98 Å². The Morgan fingerprint density at radius 1 is 1.42 bits per heavy atom. The third-order valence-electron chi connectivity index (χ3n) is 1.47. The van der Waals surface area contributed by atoms with Crippen molar-refractivity contribution in [1.82, 2.24) is 10.1 Å². The van der Waals surface area contributed by atoms with Gasteiger partial charge in [0.1, 0.15) is 16.5 Å². The van der Waals surface area contributed by atoms with E-state index in [2.05, 4.69) is 10.1 Å². The van der Waals surface area contributed by atoms with Crippen molar-refractivity contribution >= 4 is 11.3 Å². The summed E-state index contributed by atoms with van der Waals surface area (Å²) in [5, 5.41) is 4.79. The van der Waals surface area contributed by atoms with Crippen molar-refractivity contribution in [2.45, 2.75) is 13.8 Å². The van der Waals surface area contributed by atoms with Crippen LogP contribution in [0.4, 0.5) is 0 Å². The highest BCUT2D eigenvalue weighted by Gasteiger charge is 2.06. The zero-order valence-electron chi connectivity index (χ0n) is 6.87. The van der Waals surface area contributed by atoms with Gasteiger partial charge in [-0.15, -0.1) is 11.3 Å². The van der Waals surface area contributed by atoms with Crippen LogP contribution >= 0.6 is 11.3 Å². The minimum atomic E-state index is 0.817. The van der Waals surface area contributed by atoms with Crippen molar-refractivity contribution < 1.29 is 4.52 Å². The Kier molecular flexibility index (Phi) is 1.69. The fourth-order valence-corrected chi connectivity index (χ4v) is 1.66. The second kappa shape index (κ2) is 2.71. The molecule has 0 spiro atoms. The lowest BCUT2D eigenvalue weighted by molar-refractivity contribution is 0.399. The highest BCUT2D eigenvalue weighted by atomic mass is 32.1. The van der Waals surface area contributed by atoms with Gasteiger partial charge in [-0.1, -0.05) is 5.16 Å². The predicted molar refractivity (Wildman–Crippen MR) is 47.1 cm³/mol. The van der Waals surface area contributed by atoms with Crippen LogP contribution in [0.25, 0.3) is 10.7 Å². The number of rotatable bonds is 1. The van der Waals surface area contributed by atoms with Crippen molar-refractivity contribution in [3.63, 3.8) is 0 Å². The molecule has 0 bridgehead atoms. The second-order valence-electron chi connectivity index (χ2n) is 2.60. The molecule has 0 amide bonds. The van der Waals surface area contributed by atoms with Crippen LogP contribution < -0.4 is 0 Å². The van der Waals surface area contributed by atoms with Crippen LogP contribution in [-0.2, 0) is 0 Å². The first-order chi connectivity index (χ1) is 5.75. The van der Waals surface area contributed by atoms with Gasteiger partial charge in [0.15, 0.2) is 0 Å². The molecule has 2 aromatic heterocycles. The van der Waals surface area contributed by atoms with E-state index in [4.69, 9.17) is 4.52 Å². The maximum Gasteiger partial charge on any atom is 0.145 e. The summed E-state index contributed by atoms with van der Waals surface area (Å²) in [6, 6.07) is 1.89. The zero-order valence-corrected chi connectivity index (χ0v) is 7.68. The van der Waals surface area contributed by atoms with Gasteiger partial charge in [-0.3, -0.25) is 0 Å². The topological polar surface area (TPSA) is 38.9 Å². The van der Waals surface area contributed by atoms with Crippen LogP contribution in [0.2, 0.25) is 0 Å². The first kappa shape index (κ1) is 7.49. The lowest BCUT2D eigenvalue weighted by Gasteiger charge is -1.81. The SMILES string of the molecule is Cc1cc(-c2ncc(C)s2)no1. The molecule has 0 aliphatic heterocycles. The number of hydrogen-bond donors (Lipinski definition) is 0. The van der Waals surface area contributed by atoms with Crippen molar-refractivity contribution in [3.8, 4) is 10.7 Å². The van der Waals surface area contributed by atoms with Gasteiger partial charge in [0.2, 0.25) is 0 Å². The summed E-state index contributed by atoms with van der Waals surface area (Å²) in [6.45, 7) is 3.89. The van der Waals surface area contributed by atoms with E-state index in [1.54, 1.807) is 11.3 Å². The van der Waals surface area contributed by atoms with E-state index in [0.29, 0.717) is 0 Å². The Morgan fingerprint density at radius 3 is 2.75 bits per heavy atom. The van der Waals surface area contributed by atoms with Gasteiger partial charge in [-0.05, 0) is 13.8 Å². The standard InChI is InChI=1S/C8H8N2OS/c1-5-3-7(10-11-5)8-9-4-6(2)12-8/h3-4H,1-2H3. The van der Waals surface area contributed by atoms with Crippen molar-refractivity contribution in [2.75, 3.05) is 0 Å². The summed E-state index contributed by atoms with van der Waals surface area (Å²) in [5.74, 6) is 0.817. The van der Waals surface area contributed by atoms with Crippen LogP contribution in [-0.4, -0.2) is 10.1 Å². The van der Waals surface area contributed by atoms with Gasteiger partial charge < -0.3 is 4.52 Å². The molecule has 0 atom stereocenters. The second-order valence-corrected chi connectivity index (χ2v) is 3.83. The van der Waals surface area contributed by atoms with E-state index in [9.17, 15) is 0 Å². The first-order valence-electron chi connectivity index (χ1n) is 3.62. The van der Waals surface area contributed by atoms with Crippen LogP contribution in [0.3, 0.4) is 0 Å². The van der Waals surface area contributed by atoms with Gasteiger partial charge >= 0.3 is 0 Å². The lowest BCUT2D eigenvalue weighted by atomic mass is 10.4. The summed E-state index contributed by atoms with van der Waals surface area (Å²) < 4.78 is 4.94. The molecule has 4 heteroatoms. The highest BCUT2D eigenvalue weighted by Crippen LogP contribution is 2.23. The average molecular weight is 180 g/mol. The van der Waals surface area contributed by atoms with Gasteiger partial charge in [0, 0.05) is 17.1 Å². The molecule has 2 heterocycles. The Labute approximate surface area is 74.0 Å². The molecule has 0 saturated heterocycles. The molecule has 0 unspecified atom stereocenters. The van der Waals surface area contributed by atoms with Gasteiger partial charge in [-0.2, -0.15) is 0 Å². The van der Waals surface area contributed by atoms with Crippen molar-refractivity contribution in [3.05, 3.63) is 22.9 Å².